The molecule has 0 atom stereocenters. The average molecular weight is 169 g/mol. The van der Waals surface area contributed by atoms with Gasteiger partial charge in [-0.25, -0.2) is 4.39 Å². The van der Waals surface area contributed by atoms with E-state index in [-0.39, 0.29) is 5.02 Å². The van der Waals surface area contributed by atoms with E-state index in [0.717, 1.165) is 0 Å². The molecule has 0 saturated carbocycles. The van der Waals surface area contributed by atoms with Gasteiger partial charge >= 0.3 is 0 Å². The van der Waals surface area contributed by atoms with Gasteiger partial charge < -0.3 is 4.98 Å². The molecule has 1 aromatic heterocycles. The van der Waals surface area contributed by atoms with Crippen LogP contribution >= 0.6 is 11.6 Å². The molecule has 11 heavy (non-hydrogen) atoms. The fourth-order valence-electron chi connectivity index (χ4n) is 0.998. The van der Waals surface area contributed by atoms with Crippen LogP contribution in [0.2, 0.25) is 5.02 Å². The quantitative estimate of drug-likeness (QED) is 0.623. The smallest absolute Gasteiger partial charge is 0.151 e. The number of H-pyrrole nitrogens is 1. The van der Waals surface area contributed by atoms with Crippen LogP contribution in [0, 0.1) is 11.9 Å². The molecule has 0 spiro atoms. The highest BCUT2D eigenvalue weighted by molar-refractivity contribution is 6.31. The van der Waals surface area contributed by atoms with Gasteiger partial charge in [0, 0.05) is 23.2 Å². The standard InChI is InChI=1S/C8H4ClFN/c9-6-1-2-7-5(8(6)10)3-4-11-7/h1-2,4,11H. The Balaban J connectivity index is 2.93. The summed E-state index contributed by atoms with van der Waals surface area (Å²) in [4.78, 5) is 2.83. The van der Waals surface area contributed by atoms with Crippen LogP contribution in [0.1, 0.15) is 0 Å². The summed E-state index contributed by atoms with van der Waals surface area (Å²) in [5, 5.41) is 0.547. The predicted octanol–water partition coefficient (Wildman–Crippen LogP) is 2.76. The Morgan fingerprint density at radius 1 is 1.45 bits per heavy atom. The summed E-state index contributed by atoms with van der Waals surface area (Å²) in [6.45, 7) is 0. The second kappa shape index (κ2) is 2.24. The van der Waals surface area contributed by atoms with Gasteiger partial charge in [-0.3, -0.25) is 0 Å². The van der Waals surface area contributed by atoms with Gasteiger partial charge in [-0.2, -0.15) is 0 Å². The van der Waals surface area contributed by atoms with Crippen LogP contribution in [0.3, 0.4) is 0 Å². The molecule has 2 rings (SSSR count). The number of hydrogen-bond acceptors (Lipinski definition) is 0. The van der Waals surface area contributed by atoms with Crippen LogP contribution in [0.5, 0.6) is 0 Å². The van der Waals surface area contributed by atoms with E-state index >= 15 is 0 Å². The van der Waals surface area contributed by atoms with Crippen LogP contribution in [-0.2, 0) is 0 Å². The van der Waals surface area contributed by atoms with Crippen molar-refractivity contribution in [2.24, 2.45) is 0 Å². The molecular formula is C8H4ClFN. The molecule has 0 unspecified atom stereocenters. The molecule has 55 valence electrons. The molecule has 1 radical (unpaired) electrons. The number of hydrogen-bond donors (Lipinski definition) is 1. The number of aromatic nitrogens is 1. The first-order valence-corrected chi connectivity index (χ1v) is 3.49. The van der Waals surface area contributed by atoms with Gasteiger partial charge in [0.1, 0.15) is 0 Å². The number of halogens is 2. The van der Waals surface area contributed by atoms with Gasteiger partial charge in [-0.1, -0.05) is 11.6 Å². The molecular weight excluding hydrogens is 165 g/mol. The molecule has 0 saturated heterocycles. The molecule has 3 heteroatoms. The SMILES string of the molecule is Fc1c(Cl)ccc2[nH]c[c]c12. The van der Waals surface area contributed by atoms with Crippen molar-refractivity contribution in [2.45, 2.75) is 0 Å². The van der Waals surface area contributed by atoms with E-state index in [2.05, 4.69) is 11.1 Å². The Morgan fingerprint density at radius 2 is 2.27 bits per heavy atom. The first-order valence-electron chi connectivity index (χ1n) is 3.12. The number of aromatic amines is 1. The molecule has 0 aliphatic carbocycles. The Bertz CT molecular complexity index is 394. The van der Waals surface area contributed by atoms with E-state index in [0.29, 0.717) is 10.9 Å². The maximum absolute atomic E-state index is 13.0. The first kappa shape index (κ1) is 6.68. The van der Waals surface area contributed by atoms with E-state index in [4.69, 9.17) is 11.6 Å². The number of nitrogens with one attached hydrogen (secondary N) is 1. The predicted molar refractivity (Wildman–Crippen MR) is 42.1 cm³/mol. The number of rotatable bonds is 0. The monoisotopic (exact) mass is 168 g/mol. The largest absolute Gasteiger partial charge is 0.360 e. The third-order valence-electron chi connectivity index (χ3n) is 1.54. The lowest BCUT2D eigenvalue weighted by Gasteiger charge is -1.93. The summed E-state index contributed by atoms with van der Waals surface area (Å²) in [5.74, 6) is -0.412. The lowest BCUT2D eigenvalue weighted by Crippen LogP contribution is -1.76. The van der Waals surface area contributed by atoms with E-state index in [9.17, 15) is 4.39 Å². The zero-order chi connectivity index (χ0) is 7.84. The fraction of sp³-hybridized carbons (Fsp3) is 0. The molecule has 1 heterocycles. The van der Waals surface area contributed by atoms with Crippen LogP contribution in [-0.4, -0.2) is 4.98 Å². The number of fused-ring (bicyclic) bond motifs is 1. The molecule has 0 aliphatic rings. The topological polar surface area (TPSA) is 15.8 Å². The van der Waals surface area contributed by atoms with Crippen LogP contribution in [0.15, 0.2) is 18.3 Å². The Labute approximate surface area is 67.8 Å². The minimum atomic E-state index is -0.412. The molecule has 0 bridgehead atoms. The molecule has 0 aliphatic heterocycles. The highest BCUT2D eigenvalue weighted by atomic mass is 35.5. The first-order chi connectivity index (χ1) is 5.29. The van der Waals surface area contributed by atoms with Gasteiger partial charge in [-0.15, -0.1) is 0 Å². The normalized spacial score (nSPS) is 10.7. The molecule has 1 nitrogen and oxygen atoms in total. The van der Waals surface area contributed by atoms with Crippen molar-refractivity contribution < 1.29 is 4.39 Å². The second-order valence-electron chi connectivity index (χ2n) is 2.22. The Morgan fingerprint density at radius 3 is 3.09 bits per heavy atom. The van der Waals surface area contributed by atoms with Crippen molar-refractivity contribution in [3.8, 4) is 0 Å². The maximum atomic E-state index is 13.0. The lowest BCUT2D eigenvalue weighted by atomic mass is 10.2. The second-order valence-corrected chi connectivity index (χ2v) is 2.62. The molecule has 0 fully saturated rings. The zero-order valence-electron chi connectivity index (χ0n) is 5.49. The third kappa shape index (κ3) is 0.906. The average Bonchev–Trinajstić information content (AvgIpc) is 2.45. The van der Waals surface area contributed by atoms with Gasteiger partial charge in [0.15, 0.2) is 5.82 Å². The van der Waals surface area contributed by atoms with Crippen molar-refractivity contribution in [1.29, 1.82) is 0 Å². The minimum Gasteiger partial charge on any atom is -0.360 e. The lowest BCUT2D eigenvalue weighted by molar-refractivity contribution is 0.640. The maximum Gasteiger partial charge on any atom is 0.151 e. The number of benzene rings is 1. The van der Waals surface area contributed by atoms with Crippen LogP contribution < -0.4 is 0 Å². The van der Waals surface area contributed by atoms with Gasteiger partial charge in [0.25, 0.3) is 0 Å². The van der Waals surface area contributed by atoms with E-state index in [1.54, 1.807) is 12.3 Å². The molecule has 2 aromatic rings. The van der Waals surface area contributed by atoms with E-state index < -0.39 is 5.82 Å². The summed E-state index contributed by atoms with van der Waals surface area (Å²) in [6.07, 6.45) is 1.56. The Kier molecular flexibility index (Phi) is 1.36. The summed E-state index contributed by atoms with van der Waals surface area (Å²) in [5.41, 5.74) is 0.715. The summed E-state index contributed by atoms with van der Waals surface area (Å²) < 4.78 is 13.0. The van der Waals surface area contributed by atoms with Crippen molar-refractivity contribution in [1.82, 2.24) is 4.98 Å². The van der Waals surface area contributed by atoms with Crippen molar-refractivity contribution in [3.05, 3.63) is 35.2 Å². The van der Waals surface area contributed by atoms with Gasteiger partial charge in [-0.05, 0) is 12.1 Å². The fourth-order valence-corrected chi connectivity index (χ4v) is 1.16. The van der Waals surface area contributed by atoms with Gasteiger partial charge in [0.05, 0.1) is 5.02 Å². The Hall–Kier alpha value is -1.02. The molecule has 1 aromatic carbocycles. The van der Waals surface area contributed by atoms with Crippen molar-refractivity contribution in [2.75, 3.05) is 0 Å². The third-order valence-corrected chi connectivity index (χ3v) is 1.83. The summed E-state index contributed by atoms with van der Waals surface area (Å²) in [7, 11) is 0. The highest BCUT2D eigenvalue weighted by Crippen LogP contribution is 2.22. The summed E-state index contributed by atoms with van der Waals surface area (Å²) >= 11 is 5.54. The summed E-state index contributed by atoms with van der Waals surface area (Å²) in [6, 6.07) is 5.95. The van der Waals surface area contributed by atoms with Crippen molar-refractivity contribution in [3.63, 3.8) is 0 Å². The minimum absolute atomic E-state index is 0.133. The van der Waals surface area contributed by atoms with E-state index in [1.165, 1.54) is 6.07 Å². The molecule has 0 amide bonds. The zero-order valence-corrected chi connectivity index (χ0v) is 6.24. The van der Waals surface area contributed by atoms with Crippen LogP contribution in [0.25, 0.3) is 10.9 Å². The highest BCUT2D eigenvalue weighted by Gasteiger charge is 2.04. The van der Waals surface area contributed by atoms with Crippen molar-refractivity contribution >= 4 is 22.5 Å². The van der Waals surface area contributed by atoms with E-state index in [1.807, 2.05) is 0 Å². The molecule has 1 N–H and O–H groups in total. The van der Waals surface area contributed by atoms with Gasteiger partial charge in [0.2, 0.25) is 0 Å². The van der Waals surface area contributed by atoms with Crippen LogP contribution in [0.4, 0.5) is 4.39 Å².